The van der Waals surface area contributed by atoms with Gasteiger partial charge in [0.15, 0.2) is 0 Å². The summed E-state index contributed by atoms with van der Waals surface area (Å²) >= 11 is 3.45. The van der Waals surface area contributed by atoms with Crippen LogP contribution in [0.1, 0.15) is 5.69 Å². The summed E-state index contributed by atoms with van der Waals surface area (Å²) in [6.07, 6.45) is 4.13. The van der Waals surface area contributed by atoms with Crippen LogP contribution in [0.3, 0.4) is 0 Å². The molecule has 0 saturated carbocycles. The van der Waals surface area contributed by atoms with Crippen molar-refractivity contribution in [2.45, 2.75) is 16.8 Å². The molecule has 1 aromatic rings. The number of hydrogen-bond acceptors (Lipinski definition) is 3. The first kappa shape index (κ1) is 8.94. The van der Waals surface area contributed by atoms with Crippen molar-refractivity contribution >= 4 is 23.5 Å². The summed E-state index contributed by atoms with van der Waals surface area (Å²) < 4.78 is 0. The van der Waals surface area contributed by atoms with Crippen molar-refractivity contribution in [3.8, 4) is 0 Å². The highest BCUT2D eigenvalue weighted by molar-refractivity contribution is 7.99. The lowest BCUT2D eigenvalue weighted by molar-refractivity contribution is 1.03. The predicted molar refractivity (Wildman–Crippen MR) is 52.5 cm³/mol. The minimum absolute atomic E-state index is 1.10. The normalized spacial score (nSPS) is 10.1. The highest BCUT2D eigenvalue weighted by atomic mass is 32.2. The van der Waals surface area contributed by atoms with Crippen molar-refractivity contribution in [3.05, 3.63) is 17.8 Å². The Morgan fingerprint density at radius 1 is 1.18 bits per heavy atom. The van der Waals surface area contributed by atoms with Gasteiger partial charge in [0.25, 0.3) is 0 Å². The van der Waals surface area contributed by atoms with Gasteiger partial charge in [-0.05, 0) is 31.6 Å². The molecule has 0 aliphatic carbocycles. The van der Waals surface area contributed by atoms with Gasteiger partial charge < -0.3 is 0 Å². The lowest BCUT2D eigenvalue weighted by atomic mass is 10.4. The number of aryl methyl sites for hydroxylation is 1. The molecule has 1 nitrogen and oxygen atoms in total. The summed E-state index contributed by atoms with van der Waals surface area (Å²) in [7, 11) is 0. The molecule has 11 heavy (non-hydrogen) atoms. The molecule has 0 aliphatic heterocycles. The molecule has 0 fully saturated rings. The first-order valence-electron chi connectivity index (χ1n) is 3.33. The fraction of sp³-hybridized carbons (Fsp3) is 0.375. The van der Waals surface area contributed by atoms with E-state index in [1.165, 1.54) is 4.90 Å². The first-order chi connectivity index (χ1) is 5.26. The van der Waals surface area contributed by atoms with E-state index in [2.05, 4.69) is 23.4 Å². The molecule has 1 aromatic heterocycles. The third-order valence-corrected chi connectivity index (χ3v) is 2.68. The van der Waals surface area contributed by atoms with Crippen LogP contribution in [0.5, 0.6) is 0 Å². The van der Waals surface area contributed by atoms with Gasteiger partial charge in [-0.1, -0.05) is 0 Å². The maximum Gasteiger partial charge on any atom is 0.0971 e. The quantitative estimate of drug-likeness (QED) is 0.658. The lowest BCUT2D eigenvalue weighted by Crippen LogP contribution is -1.84. The average Bonchev–Trinajstić information content (AvgIpc) is 2.03. The molecule has 1 rings (SSSR count). The number of aromatic nitrogens is 1. The third-order valence-electron chi connectivity index (χ3n) is 1.35. The van der Waals surface area contributed by atoms with Crippen molar-refractivity contribution in [1.29, 1.82) is 0 Å². The van der Waals surface area contributed by atoms with Gasteiger partial charge in [0.05, 0.1) is 5.03 Å². The first-order valence-corrected chi connectivity index (χ1v) is 5.78. The molecule has 0 bridgehead atoms. The van der Waals surface area contributed by atoms with Crippen LogP contribution in [-0.2, 0) is 0 Å². The molecule has 0 radical (unpaired) electrons. The molecule has 3 heteroatoms. The maximum absolute atomic E-state index is 4.35. The number of thioether (sulfide) groups is 2. The smallest absolute Gasteiger partial charge is 0.0971 e. The zero-order chi connectivity index (χ0) is 8.27. The van der Waals surface area contributed by atoms with Crippen LogP contribution in [0.4, 0.5) is 0 Å². The second-order valence-electron chi connectivity index (χ2n) is 2.19. The maximum atomic E-state index is 4.35. The zero-order valence-corrected chi connectivity index (χ0v) is 8.55. The van der Waals surface area contributed by atoms with Gasteiger partial charge in [-0.25, -0.2) is 4.98 Å². The van der Waals surface area contributed by atoms with Crippen LogP contribution in [0, 0.1) is 6.92 Å². The monoisotopic (exact) mass is 185 g/mol. The van der Waals surface area contributed by atoms with Crippen molar-refractivity contribution in [3.63, 3.8) is 0 Å². The summed E-state index contributed by atoms with van der Waals surface area (Å²) in [6, 6.07) is 4.22. The molecule has 0 saturated heterocycles. The number of rotatable bonds is 2. The fourth-order valence-electron chi connectivity index (χ4n) is 0.830. The van der Waals surface area contributed by atoms with Gasteiger partial charge in [0.2, 0.25) is 0 Å². The highest BCUT2D eigenvalue weighted by Crippen LogP contribution is 2.20. The SMILES string of the molecule is CSc1cc(C)nc(SC)c1. The molecule has 0 amide bonds. The molecule has 0 N–H and O–H groups in total. The second-order valence-corrected chi connectivity index (χ2v) is 3.90. The summed E-state index contributed by atoms with van der Waals surface area (Å²) in [4.78, 5) is 5.64. The Morgan fingerprint density at radius 3 is 2.45 bits per heavy atom. The summed E-state index contributed by atoms with van der Waals surface area (Å²) in [5.74, 6) is 0. The Bertz CT molecular complexity index is 226. The number of hydrogen-bond donors (Lipinski definition) is 0. The third kappa shape index (κ3) is 2.42. The summed E-state index contributed by atoms with van der Waals surface area (Å²) in [5.41, 5.74) is 1.10. The van der Waals surface area contributed by atoms with E-state index in [1.54, 1.807) is 23.5 Å². The van der Waals surface area contributed by atoms with Gasteiger partial charge in [-0.3, -0.25) is 0 Å². The summed E-state index contributed by atoms with van der Waals surface area (Å²) in [6.45, 7) is 2.03. The molecule has 60 valence electrons. The fourth-order valence-corrected chi connectivity index (χ4v) is 1.90. The predicted octanol–water partition coefficient (Wildman–Crippen LogP) is 2.83. The van der Waals surface area contributed by atoms with E-state index in [-0.39, 0.29) is 0 Å². The Hall–Kier alpha value is -0.150. The Labute approximate surface area is 76.0 Å². The summed E-state index contributed by atoms with van der Waals surface area (Å²) in [5, 5.41) is 1.11. The van der Waals surface area contributed by atoms with Gasteiger partial charge >= 0.3 is 0 Å². The van der Waals surface area contributed by atoms with E-state index in [4.69, 9.17) is 0 Å². The highest BCUT2D eigenvalue weighted by Gasteiger charge is 1.96. The molecule has 0 aliphatic rings. The number of pyridine rings is 1. The van der Waals surface area contributed by atoms with E-state index in [0.717, 1.165) is 10.7 Å². The van der Waals surface area contributed by atoms with E-state index in [0.29, 0.717) is 0 Å². The number of nitrogens with zero attached hydrogens (tertiary/aromatic N) is 1. The van der Waals surface area contributed by atoms with Crippen LogP contribution in [0.2, 0.25) is 0 Å². The van der Waals surface area contributed by atoms with E-state index in [1.807, 2.05) is 13.2 Å². The van der Waals surface area contributed by atoms with Crippen molar-refractivity contribution in [2.24, 2.45) is 0 Å². The minimum atomic E-state index is 1.10. The minimum Gasteiger partial charge on any atom is -0.247 e. The van der Waals surface area contributed by atoms with Crippen molar-refractivity contribution in [2.75, 3.05) is 12.5 Å². The van der Waals surface area contributed by atoms with Crippen LogP contribution >= 0.6 is 23.5 Å². The molecule has 0 aromatic carbocycles. The molecule has 0 atom stereocenters. The van der Waals surface area contributed by atoms with Crippen molar-refractivity contribution < 1.29 is 0 Å². The molecule has 0 unspecified atom stereocenters. The largest absolute Gasteiger partial charge is 0.247 e. The lowest BCUT2D eigenvalue weighted by Gasteiger charge is -2.00. The Kier molecular flexibility index (Phi) is 3.27. The average molecular weight is 185 g/mol. The molecule has 1 heterocycles. The van der Waals surface area contributed by atoms with Crippen LogP contribution in [-0.4, -0.2) is 17.5 Å². The Balaban J connectivity index is 3.02. The van der Waals surface area contributed by atoms with Gasteiger partial charge in [-0.15, -0.1) is 23.5 Å². The van der Waals surface area contributed by atoms with Gasteiger partial charge in [0, 0.05) is 10.6 Å². The topological polar surface area (TPSA) is 12.9 Å². The van der Waals surface area contributed by atoms with E-state index < -0.39 is 0 Å². The zero-order valence-electron chi connectivity index (χ0n) is 6.92. The van der Waals surface area contributed by atoms with Gasteiger partial charge in [-0.2, -0.15) is 0 Å². The Morgan fingerprint density at radius 2 is 1.91 bits per heavy atom. The van der Waals surface area contributed by atoms with Crippen LogP contribution in [0.25, 0.3) is 0 Å². The van der Waals surface area contributed by atoms with Crippen LogP contribution in [0.15, 0.2) is 22.1 Å². The molecular weight excluding hydrogens is 174 g/mol. The van der Waals surface area contributed by atoms with Crippen molar-refractivity contribution in [1.82, 2.24) is 4.98 Å². The second kappa shape index (κ2) is 4.02. The molecule has 0 spiro atoms. The molecular formula is C8H11NS2. The van der Waals surface area contributed by atoms with E-state index >= 15 is 0 Å². The van der Waals surface area contributed by atoms with Crippen LogP contribution < -0.4 is 0 Å². The standard InChI is InChI=1S/C8H11NS2/c1-6-4-7(10-2)5-8(9-6)11-3/h4-5H,1-3H3. The van der Waals surface area contributed by atoms with Gasteiger partial charge in [0.1, 0.15) is 0 Å². The van der Waals surface area contributed by atoms with E-state index in [9.17, 15) is 0 Å².